The number of imidazole rings is 1. The van der Waals surface area contributed by atoms with Gasteiger partial charge in [0.25, 0.3) is 5.91 Å². The van der Waals surface area contributed by atoms with Crippen molar-refractivity contribution < 1.29 is 23.6 Å². The number of benzene rings is 1. The van der Waals surface area contributed by atoms with Crippen LogP contribution in [0.15, 0.2) is 24.5 Å². The molecule has 36 heavy (non-hydrogen) atoms. The highest BCUT2D eigenvalue weighted by atomic mass is 16.7. The Morgan fingerprint density at radius 3 is 2.42 bits per heavy atom. The van der Waals surface area contributed by atoms with E-state index >= 15 is 0 Å². The summed E-state index contributed by atoms with van der Waals surface area (Å²) in [6.45, 7) is 17.1. The average molecular weight is 495 g/mol. The van der Waals surface area contributed by atoms with Crippen molar-refractivity contribution in [3.8, 4) is 5.69 Å². The van der Waals surface area contributed by atoms with Crippen LogP contribution in [0.1, 0.15) is 99.7 Å². The van der Waals surface area contributed by atoms with Gasteiger partial charge in [-0.3, -0.25) is 9.36 Å². The molecule has 1 amide bonds. The highest BCUT2D eigenvalue weighted by molar-refractivity contribution is 6.47. The molecule has 1 atom stereocenters. The first-order valence-corrected chi connectivity index (χ1v) is 12.6. The van der Waals surface area contributed by atoms with Gasteiger partial charge in [-0.2, -0.15) is 0 Å². The first kappa shape index (κ1) is 26.4. The first-order chi connectivity index (χ1) is 16.6. The fourth-order valence-electron chi connectivity index (χ4n) is 4.85. The molecule has 0 spiro atoms. The average Bonchev–Trinajstić information content (AvgIpc) is 3.24. The molecule has 1 saturated heterocycles. The molecule has 0 bridgehead atoms. The molecule has 3 heterocycles. The fourth-order valence-corrected chi connectivity index (χ4v) is 4.85. The third-order valence-corrected chi connectivity index (χ3v) is 7.44. The minimum atomic E-state index is -0.488. The molecular weight excluding hydrogens is 457 g/mol. The summed E-state index contributed by atoms with van der Waals surface area (Å²) in [5.74, 6) is -0.679. The fraction of sp³-hybridized carbons (Fsp3) is 0.593. The Hall–Kier alpha value is -2.65. The van der Waals surface area contributed by atoms with Crippen LogP contribution in [0.5, 0.6) is 0 Å². The highest BCUT2D eigenvalue weighted by Crippen LogP contribution is 2.44. The van der Waals surface area contributed by atoms with Gasteiger partial charge in [0.05, 0.1) is 41.3 Å². The lowest BCUT2D eigenvalue weighted by Gasteiger charge is -2.32. The molecular formula is C27H38BN3O5. The maximum atomic E-state index is 13.5. The molecule has 8 nitrogen and oxygen atoms in total. The lowest BCUT2D eigenvalue weighted by molar-refractivity contribution is 0.00578. The Morgan fingerprint density at radius 1 is 1.19 bits per heavy atom. The highest BCUT2D eigenvalue weighted by Gasteiger charge is 2.54. The van der Waals surface area contributed by atoms with Crippen molar-refractivity contribution >= 4 is 19.0 Å². The summed E-state index contributed by atoms with van der Waals surface area (Å²) in [6, 6.07) is 5.92. The lowest BCUT2D eigenvalue weighted by Crippen LogP contribution is -2.41. The molecule has 1 fully saturated rings. The van der Waals surface area contributed by atoms with E-state index in [9.17, 15) is 9.59 Å². The van der Waals surface area contributed by atoms with E-state index < -0.39 is 24.3 Å². The van der Waals surface area contributed by atoms with Crippen molar-refractivity contribution in [3.63, 3.8) is 0 Å². The summed E-state index contributed by atoms with van der Waals surface area (Å²) >= 11 is 0. The largest absolute Gasteiger partial charge is 0.465 e. The monoisotopic (exact) mass is 495 g/mol. The van der Waals surface area contributed by atoms with Gasteiger partial charge in [-0.25, -0.2) is 9.78 Å². The molecule has 2 aliphatic heterocycles. The number of hydrogen-bond donors (Lipinski definition) is 0. The van der Waals surface area contributed by atoms with Crippen LogP contribution >= 0.6 is 0 Å². The first-order valence-electron chi connectivity index (χ1n) is 12.6. The summed E-state index contributed by atoms with van der Waals surface area (Å²) in [7, 11) is 1.29. The van der Waals surface area contributed by atoms with E-state index in [1.54, 1.807) is 25.2 Å². The van der Waals surface area contributed by atoms with Crippen molar-refractivity contribution in [3.05, 3.63) is 47.0 Å². The van der Waals surface area contributed by atoms with Gasteiger partial charge < -0.3 is 18.9 Å². The SMILES string of the molecule is CCOC(=O)c1ncn2c1CN(C)C(=O)c1cc(C(CC(C)(C)C)B3OC(C)(C)C(C)(C)O3)ccc1-2. The second kappa shape index (κ2) is 9.03. The molecule has 2 aromatic rings. The normalized spacial score (nSPS) is 19.5. The van der Waals surface area contributed by atoms with E-state index in [-0.39, 0.29) is 36.0 Å². The van der Waals surface area contributed by atoms with Crippen molar-refractivity contribution in [1.29, 1.82) is 0 Å². The quantitative estimate of drug-likeness (QED) is 0.439. The van der Waals surface area contributed by atoms with Gasteiger partial charge in [0, 0.05) is 12.9 Å². The zero-order chi connectivity index (χ0) is 26.6. The van der Waals surface area contributed by atoms with E-state index in [0.717, 1.165) is 12.0 Å². The Kier molecular flexibility index (Phi) is 6.63. The Morgan fingerprint density at radius 2 is 1.83 bits per heavy atom. The number of amides is 1. The van der Waals surface area contributed by atoms with Crippen LogP contribution in [0.4, 0.5) is 0 Å². The molecule has 0 radical (unpaired) electrons. The molecule has 4 rings (SSSR count). The van der Waals surface area contributed by atoms with Crippen LogP contribution in [0.25, 0.3) is 5.69 Å². The van der Waals surface area contributed by atoms with Crippen molar-refractivity contribution in [2.75, 3.05) is 13.7 Å². The van der Waals surface area contributed by atoms with E-state index in [0.29, 0.717) is 16.9 Å². The van der Waals surface area contributed by atoms with E-state index in [1.165, 1.54) is 0 Å². The number of hydrogen-bond acceptors (Lipinski definition) is 6. The van der Waals surface area contributed by atoms with Gasteiger partial charge in [0.2, 0.25) is 0 Å². The molecule has 0 N–H and O–H groups in total. The second-order valence-electron chi connectivity index (χ2n) is 12.1. The standard InChI is InChI=1S/C27H38BN3O5/c1-10-34-24(33)22-21-15-30(9)23(32)18-13-17(11-12-20(18)31(21)16-29-22)19(14-25(2,3)4)28-35-26(5,6)27(7,8)36-28/h11-13,16,19H,10,14-15H2,1-9H3. The molecule has 1 aromatic carbocycles. The van der Waals surface area contributed by atoms with Crippen molar-refractivity contribution in [2.24, 2.45) is 5.41 Å². The van der Waals surface area contributed by atoms with Gasteiger partial charge >= 0.3 is 13.1 Å². The van der Waals surface area contributed by atoms with Gasteiger partial charge in [-0.1, -0.05) is 26.8 Å². The Balaban J connectivity index is 1.80. The minimum Gasteiger partial charge on any atom is -0.461 e. The number of esters is 1. The number of aromatic nitrogens is 2. The molecule has 0 aliphatic carbocycles. The zero-order valence-electron chi connectivity index (χ0n) is 23.0. The van der Waals surface area contributed by atoms with Crippen molar-refractivity contribution in [2.45, 2.75) is 85.4 Å². The maximum absolute atomic E-state index is 13.5. The minimum absolute atomic E-state index is 0.00785. The van der Waals surface area contributed by atoms with Crippen LogP contribution in [0.3, 0.4) is 0 Å². The van der Waals surface area contributed by atoms with E-state index in [2.05, 4.69) is 53.5 Å². The number of ether oxygens (including phenoxy) is 1. The number of carbonyl (C=O) groups excluding carboxylic acids is 2. The molecule has 1 aromatic heterocycles. The zero-order valence-corrected chi connectivity index (χ0v) is 23.0. The summed E-state index contributed by atoms with van der Waals surface area (Å²) in [4.78, 5) is 31.9. The lowest BCUT2D eigenvalue weighted by atomic mass is 9.62. The number of fused-ring (bicyclic) bond motifs is 3. The predicted octanol–water partition coefficient (Wildman–Crippen LogP) is 4.79. The topological polar surface area (TPSA) is 82.9 Å². The Bertz CT molecular complexity index is 1160. The van der Waals surface area contributed by atoms with Gasteiger partial charge in [-0.05, 0) is 64.2 Å². The Labute approximate surface area is 214 Å². The number of carbonyl (C=O) groups is 2. The second-order valence-corrected chi connectivity index (χ2v) is 12.1. The summed E-state index contributed by atoms with van der Waals surface area (Å²) < 4.78 is 19.9. The molecule has 0 saturated carbocycles. The van der Waals surface area contributed by atoms with Crippen LogP contribution in [-0.2, 0) is 20.6 Å². The third kappa shape index (κ3) is 4.71. The maximum Gasteiger partial charge on any atom is 0.465 e. The van der Waals surface area contributed by atoms with E-state index in [4.69, 9.17) is 14.0 Å². The number of nitrogens with zero attached hydrogens (tertiary/aromatic N) is 3. The molecule has 1 unspecified atom stereocenters. The summed E-state index contributed by atoms with van der Waals surface area (Å²) in [5, 5.41) is 0. The van der Waals surface area contributed by atoms with Crippen LogP contribution in [0.2, 0.25) is 0 Å². The molecule has 9 heteroatoms. The van der Waals surface area contributed by atoms with Gasteiger partial charge in [-0.15, -0.1) is 0 Å². The van der Waals surface area contributed by atoms with Crippen LogP contribution in [0, 0.1) is 5.41 Å². The molecule has 2 aliphatic rings. The van der Waals surface area contributed by atoms with Gasteiger partial charge in [0.15, 0.2) is 5.69 Å². The summed E-state index contributed by atoms with van der Waals surface area (Å²) in [5.41, 5.74) is 2.19. The smallest absolute Gasteiger partial charge is 0.461 e. The van der Waals surface area contributed by atoms with Crippen molar-refractivity contribution in [1.82, 2.24) is 14.5 Å². The molecule has 194 valence electrons. The van der Waals surface area contributed by atoms with Crippen LogP contribution in [-0.4, -0.2) is 58.3 Å². The van der Waals surface area contributed by atoms with Gasteiger partial charge in [0.1, 0.15) is 6.33 Å². The number of rotatable bonds is 5. The third-order valence-electron chi connectivity index (χ3n) is 7.44. The van der Waals surface area contributed by atoms with E-state index in [1.807, 2.05) is 22.8 Å². The van der Waals surface area contributed by atoms with Crippen LogP contribution < -0.4 is 0 Å². The summed E-state index contributed by atoms with van der Waals surface area (Å²) in [6.07, 6.45) is 2.41. The predicted molar refractivity (Wildman–Crippen MR) is 138 cm³/mol.